The number of nitro benzene ring substituents is 1. The number of nitrogens with one attached hydrogen (secondary N) is 2. The third kappa shape index (κ3) is 4.44. The molecule has 1 heterocycles. The largest absolute Gasteiger partial charge is 0.280 e. The Kier molecular flexibility index (Phi) is 5.31. The molecule has 13 heteroatoms. The van der Waals surface area contributed by atoms with Crippen LogP contribution in [0.2, 0.25) is 0 Å². The van der Waals surface area contributed by atoms with Gasteiger partial charge in [0.2, 0.25) is 0 Å². The van der Waals surface area contributed by atoms with Crippen molar-refractivity contribution in [2.75, 3.05) is 9.44 Å². The fourth-order valence-electron chi connectivity index (χ4n) is 2.13. The zero-order valence-electron chi connectivity index (χ0n) is 13.8. The van der Waals surface area contributed by atoms with E-state index in [0.29, 0.717) is 0 Å². The van der Waals surface area contributed by atoms with Gasteiger partial charge in [-0.3, -0.25) is 19.6 Å². The lowest BCUT2D eigenvalue weighted by molar-refractivity contribution is -0.385. The normalized spacial score (nSPS) is 11.7. The molecule has 3 aromatic rings. The van der Waals surface area contributed by atoms with E-state index in [1.54, 1.807) is 5.38 Å². The van der Waals surface area contributed by atoms with Crippen LogP contribution in [0.1, 0.15) is 0 Å². The first-order chi connectivity index (χ1) is 13.2. The lowest BCUT2D eigenvalue weighted by Crippen LogP contribution is -2.14. The molecule has 0 radical (unpaired) electrons. The number of thiazole rings is 1. The summed E-state index contributed by atoms with van der Waals surface area (Å²) in [5.41, 5.74) is -0.266. The average Bonchev–Trinajstić information content (AvgIpc) is 3.14. The fourth-order valence-corrected chi connectivity index (χ4v) is 5.01. The molecule has 0 saturated heterocycles. The molecule has 0 aliphatic rings. The molecule has 3 rings (SSSR count). The van der Waals surface area contributed by atoms with Crippen LogP contribution in [0.5, 0.6) is 0 Å². The Hall–Kier alpha value is -3.03. The average molecular weight is 440 g/mol. The summed E-state index contributed by atoms with van der Waals surface area (Å²) in [7, 11) is -7.95. The van der Waals surface area contributed by atoms with E-state index >= 15 is 0 Å². The molecular formula is C15H12N4O6S3. The molecule has 0 atom stereocenters. The zero-order valence-corrected chi connectivity index (χ0v) is 16.3. The molecule has 2 aromatic carbocycles. The van der Waals surface area contributed by atoms with Gasteiger partial charge in [-0.1, -0.05) is 6.07 Å². The highest BCUT2D eigenvalue weighted by Gasteiger charge is 2.19. The summed E-state index contributed by atoms with van der Waals surface area (Å²) < 4.78 is 53.9. The smallest absolute Gasteiger partial charge is 0.270 e. The second kappa shape index (κ2) is 7.53. The van der Waals surface area contributed by atoms with Gasteiger partial charge in [0, 0.05) is 29.4 Å². The molecule has 1 aromatic heterocycles. The molecule has 0 saturated carbocycles. The monoisotopic (exact) mass is 440 g/mol. The predicted molar refractivity (Wildman–Crippen MR) is 103 cm³/mol. The third-order valence-electron chi connectivity index (χ3n) is 3.41. The van der Waals surface area contributed by atoms with Gasteiger partial charge in [-0.05, 0) is 30.3 Å². The second-order valence-electron chi connectivity index (χ2n) is 5.33. The highest BCUT2D eigenvalue weighted by Crippen LogP contribution is 2.23. The topological polar surface area (TPSA) is 148 Å². The van der Waals surface area contributed by atoms with Crippen LogP contribution >= 0.6 is 11.3 Å². The van der Waals surface area contributed by atoms with Crippen LogP contribution in [0.3, 0.4) is 0 Å². The van der Waals surface area contributed by atoms with Gasteiger partial charge in [0.05, 0.1) is 14.7 Å². The van der Waals surface area contributed by atoms with Crippen LogP contribution < -0.4 is 9.44 Å². The highest BCUT2D eigenvalue weighted by atomic mass is 32.2. The standard InChI is InChI=1S/C15H12N4O6S3/c20-19(21)12-2-1-3-14(10-12)28(24,25)17-11-4-6-13(7-5-11)27(22,23)18-15-16-8-9-26-15/h1-10,17H,(H,16,18). The van der Waals surface area contributed by atoms with Crippen molar-refractivity contribution in [1.29, 1.82) is 0 Å². The number of hydrogen-bond donors (Lipinski definition) is 2. The first-order valence-electron chi connectivity index (χ1n) is 7.47. The molecule has 10 nitrogen and oxygen atoms in total. The maximum Gasteiger partial charge on any atom is 0.270 e. The lowest BCUT2D eigenvalue weighted by atomic mass is 10.3. The first-order valence-corrected chi connectivity index (χ1v) is 11.3. The minimum Gasteiger partial charge on any atom is -0.280 e. The number of benzene rings is 2. The Labute approximate surface area is 164 Å². The molecular weight excluding hydrogens is 428 g/mol. The molecule has 0 aliphatic heterocycles. The second-order valence-corrected chi connectivity index (χ2v) is 9.59. The Morgan fingerprint density at radius 2 is 1.61 bits per heavy atom. The van der Waals surface area contributed by atoms with Crippen molar-refractivity contribution in [3.63, 3.8) is 0 Å². The van der Waals surface area contributed by atoms with Crippen LogP contribution in [0, 0.1) is 10.1 Å². The molecule has 146 valence electrons. The molecule has 28 heavy (non-hydrogen) atoms. The molecule has 0 spiro atoms. The van der Waals surface area contributed by atoms with Gasteiger partial charge in [-0.15, -0.1) is 11.3 Å². The van der Waals surface area contributed by atoms with E-state index in [9.17, 15) is 26.9 Å². The summed E-state index contributed by atoms with van der Waals surface area (Å²) in [4.78, 5) is 13.6. The third-order valence-corrected chi connectivity index (χ3v) is 6.96. The summed E-state index contributed by atoms with van der Waals surface area (Å²) in [5.74, 6) is 0. The van der Waals surface area contributed by atoms with Crippen LogP contribution in [0.15, 0.2) is 69.9 Å². The summed E-state index contributed by atoms with van der Waals surface area (Å²) in [6.07, 6.45) is 1.45. The number of nitrogens with zero attached hydrogens (tertiary/aromatic N) is 2. The molecule has 0 bridgehead atoms. The SMILES string of the molecule is O=[N+]([O-])c1cccc(S(=O)(=O)Nc2ccc(S(=O)(=O)Nc3nccs3)cc2)c1. The summed E-state index contributed by atoms with van der Waals surface area (Å²) >= 11 is 1.12. The van der Waals surface area contributed by atoms with Crippen molar-refractivity contribution in [3.05, 3.63) is 70.2 Å². The van der Waals surface area contributed by atoms with Crippen molar-refractivity contribution in [3.8, 4) is 0 Å². The minimum absolute atomic E-state index is 0.0824. The fraction of sp³-hybridized carbons (Fsp3) is 0. The van der Waals surface area contributed by atoms with E-state index in [1.807, 2.05) is 0 Å². The number of nitro groups is 1. The summed E-state index contributed by atoms with van der Waals surface area (Å²) in [6.45, 7) is 0. The van der Waals surface area contributed by atoms with Gasteiger partial charge >= 0.3 is 0 Å². The maximum atomic E-state index is 12.4. The maximum absolute atomic E-state index is 12.4. The number of hydrogen-bond acceptors (Lipinski definition) is 8. The number of non-ortho nitro benzene ring substituents is 1. The van der Waals surface area contributed by atoms with E-state index in [0.717, 1.165) is 17.4 Å². The summed E-state index contributed by atoms with van der Waals surface area (Å²) in [6, 6.07) is 9.56. The van der Waals surface area contributed by atoms with Crippen molar-refractivity contribution < 1.29 is 21.8 Å². The number of anilines is 2. The Morgan fingerprint density at radius 1 is 0.929 bits per heavy atom. The van der Waals surface area contributed by atoms with Crippen LogP contribution in [0.25, 0.3) is 0 Å². The molecule has 0 aliphatic carbocycles. The molecule has 2 N–H and O–H groups in total. The van der Waals surface area contributed by atoms with E-state index in [1.165, 1.54) is 48.7 Å². The van der Waals surface area contributed by atoms with E-state index in [-0.39, 0.29) is 26.3 Å². The zero-order chi connectivity index (χ0) is 20.4. The van der Waals surface area contributed by atoms with Crippen LogP contribution in [-0.2, 0) is 20.0 Å². The van der Waals surface area contributed by atoms with Gasteiger partial charge < -0.3 is 0 Å². The number of sulfonamides is 2. The molecule has 0 unspecified atom stereocenters. The van der Waals surface area contributed by atoms with E-state index in [2.05, 4.69) is 14.4 Å². The van der Waals surface area contributed by atoms with E-state index < -0.39 is 25.0 Å². The Morgan fingerprint density at radius 3 is 2.21 bits per heavy atom. The van der Waals surface area contributed by atoms with Gasteiger partial charge in [-0.25, -0.2) is 21.8 Å². The van der Waals surface area contributed by atoms with Crippen molar-refractivity contribution in [1.82, 2.24) is 4.98 Å². The van der Waals surface area contributed by atoms with Gasteiger partial charge in [-0.2, -0.15) is 0 Å². The van der Waals surface area contributed by atoms with Crippen molar-refractivity contribution >= 4 is 47.9 Å². The highest BCUT2D eigenvalue weighted by molar-refractivity contribution is 7.93. The van der Waals surface area contributed by atoms with Crippen LogP contribution in [0.4, 0.5) is 16.5 Å². The Bertz CT molecular complexity index is 1210. The number of rotatable bonds is 7. The minimum atomic E-state index is -4.09. The van der Waals surface area contributed by atoms with Crippen LogP contribution in [-0.4, -0.2) is 26.7 Å². The number of aromatic nitrogens is 1. The first kappa shape index (κ1) is 19.7. The van der Waals surface area contributed by atoms with Gasteiger partial charge in [0.15, 0.2) is 5.13 Å². The summed E-state index contributed by atoms with van der Waals surface area (Å²) in [5, 5.41) is 12.6. The lowest BCUT2D eigenvalue weighted by Gasteiger charge is -2.09. The van der Waals surface area contributed by atoms with Crippen molar-refractivity contribution in [2.45, 2.75) is 9.79 Å². The predicted octanol–water partition coefficient (Wildman–Crippen LogP) is 2.65. The Balaban J connectivity index is 1.80. The molecule has 0 amide bonds. The van der Waals surface area contributed by atoms with Gasteiger partial charge in [0.1, 0.15) is 0 Å². The van der Waals surface area contributed by atoms with Gasteiger partial charge in [0.25, 0.3) is 25.7 Å². The van der Waals surface area contributed by atoms with Crippen molar-refractivity contribution in [2.24, 2.45) is 0 Å². The van der Waals surface area contributed by atoms with E-state index in [4.69, 9.17) is 0 Å². The molecule has 0 fully saturated rings. The quantitative estimate of drug-likeness (QED) is 0.424.